The number of hydrogen-bond donors (Lipinski definition) is 1. The van der Waals surface area contributed by atoms with Gasteiger partial charge in [0.05, 0.1) is 11.9 Å². The Bertz CT molecular complexity index is 1130. The summed E-state index contributed by atoms with van der Waals surface area (Å²) < 4.78 is 26.6. The molecule has 1 N–H and O–H groups in total. The molecule has 0 fully saturated rings. The van der Waals surface area contributed by atoms with Crippen LogP contribution in [0.3, 0.4) is 0 Å². The molecule has 1 unspecified atom stereocenters. The first kappa shape index (κ1) is 28.7. The third-order valence-corrected chi connectivity index (χ3v) is 7.03. The Morgan fingerprint density at radius 3 is 2.23 bits per heavy atom. The van der Waals surface area contributed by atoms with E-state index in [9.17, 15) is 18.0 Å². The van der Waals surface area contributed by atoms with E-state index in [-0.39, 0.29) is 18.4 Å². The predicted molar refractivity (Wildman–Crippen MR) is 142 cm³/mol. The largest absolute Gasteiger partial charge is 0.354 e. The van der Waals surface area contributed by atoms with Crippen molar-refractivity contribution in [1.29, 1.82) is 0 Å². The van der Waals surface area contributed by atoms with Crippen molar-refractivity contribution in [3.05, 3.63) is 64.2 Å². The van der Waals surface area contributed by atoms with Crippen molar-refractivity contribution in [1.82, 2.24) is 10.2 Å². The van der Waals surface area contributed by atoms with Gasteiger partial charge in [0.1, 0.15) is 12.6 Å². The molecule has 0 saturated heterocycles. The van der Waals surface area contributed by atoms with Crippen LogP contribution in [0, 0.1) is 19.8 Å². The Morgan fingerprint density at radius 1 is 1.06 bits per heavy atom. The zero-order chi connectivity index (χ0) is 26.3. The fraction of sp³-hybridized carbons (Fsp3) is 0.462. The van der Waals surface area contributed by atoms with Gasteiger partial charge in [-0.3, -0.25) is 13.9 Å². The fourth-order valence-corrected chi connectivity index (χ4v) is 4.74. The molecule has 0 aliphatic heterocycles. The number of nitrogens with one attached hydrogen (secondary N) is 1. The summed E-state index contributed by atoms with van der Waals surface area (Å²) in [5, 5.41) is 3.47. The van der Waals surface area contributed by atoms with E-state index in [0.29, 0.717) is 23.7 Å². The fourth-order valence-electron chi connectivity index (χ4n) is 3.71. The van der Waals surface area contributed by atoms with Crippen LogP contribution in [-0.4, -0.2) is 50.5 Å². The standard InChI is InChI=1S/C26H36ClN3O4S/c1-7-23(26(32)28-15-18(2)3)29(16-21-10-12-22(27)13-11-21)25(31)17-30(35(6,33)34)24-14-19(4)8-9-20(24)5/h8-14,18,23H,7,15-17H2,1-6H3,(H,28,32). The van der Waals surface area contributed by atoms with E-state index in [1.54, 1.807) is 37.3 Å². The molecular formula is C26H36ClN3O4S. The summed E-state index contributed by atoms with van der Waals surface area (Å²) >= 11 is 6.02. The van der Waals surface area contributed by atoms with Crippen LogP contribution in [0.4, 0.5) is 5.69 Å². The van der Waals surface area contributed by atoms with Gasteiger partial charge in [0.2, 0.25) is 21.8 Å². The van der Waals surface area contributed by atoms with Gasteiger partial charge in [-0.1, -0.05) is 56.6 Å². The van der Waals surface area contributed by atoms with E-state index >= 15 is 0 Å². The van der Waals surface area contributed by atoms with Crippen LogP contribution in [0.25, 0.3) is 0 Å². The van der Waals surface area contributed by atoms with Gasteiger partial charge in [-0.2, -0.15) is 0 Å². The molecule has 2 amide bonds. The van der Waals surface area contributed by atoms with Gasteiger partial charge in [0.15, 0.2) is 0 Å². The lowest BCUT2D eigenvalue weighted by molar-refractivity contribution is -0.140. The van der Waals surface area contributed by atoms with E-state index < -0.39 is 28.5 Å². The van der Waals surface area contributed by atoms with Crippen LogP contribution in [0.1, 0.15) is 43.9 Å². The second kappa shape index (κ2) is 12.4. The topological polar surface area (TPSA) is 86.8 Å². The van der Waals surface area contributed by atoms with Crippen molar-refractivity contribution in [2.24, 2.45) is 5.92 Å². The lowest BCUT2D eigenvalue weighted by Crippen LogP contribution is -2.52. The third kappa shape index (κ3) is 8.25. The van der Waals surface area contributed by atoms with E-state index in [1.807, 2.05) is 39.8 Å². The van der Waals surface area contributed by atoms with Crippen LogP contribution < -0.4 is 9.62 Å². The van der Waals surface area contributed by atoms with Crippen molar-refractivity contribution in [2.45, 2.75) is 53.6 Å². The number of aryl methyl sites for hydroxylation is 2. The first-order valence-electron chi connectivity index (χ1n) is 11.7. The highest BCUT2D eigenvalue weighted by atomic mass is 35.5. The maximum Gasteiger partial charge on any atom is 0.244 e. The van der Waals surface area contributed by atoms with Gasteiger partial charge in [-0.05, 0) is 61.1 Å². The number of sulfonamides is 1. The highest BCUT2D eigenvalue weighted by molar-refractivity contribution is 7.92. The van der Waals surface area contributed by atoms with Gasteiger partial charge < -0.3 is 10.2 Å². The van der Waals surface area contributed by atoms with Crippen molar-refractivity contribution in [3.63, 3.8) is 0 Å². The number of carbonyl (C=O) groups excluding carboxylic acids is 2. The van der Waals surface area contributed by atoms with E-state index in [1.165, 1.54) is 4.90 Å². The average molecular weight is 522 g/mol. The number of carbonyl (C=O) groups is 2. The molecule has 0 aromatic heterocycles. The number of hydrogen-bond acceptors (Lipinski definition) is 4. The molecule has 35 heavy (non-hydrogen) atoms. The molecule has 0 aliphatic carbocycles. The molecule has 2 aromatic carbocycles. The number of halogens is 1. The van der Waals surface area contributed by atoms with Crippen molar-refractivity contribution in [2.75, 3.05) is 23.7 Å². The van der Waals surface area contributed by atoms with Gasteiger partial charge in [0.25, 0.3) is 0 Å². The van der Waals surface area contributed by atoms with Gasteiger partial charge in [-0.25, -0.2) is 8.42 Å². The summed E-state index contributed by atoms with van der Waals surface area (Å²) in [6.45, 7) is 9.70. The summed E-state index contributed by atoms with van der Waals surface area (Å²) in [7, 11) is -3.77. The van der Waals surface area contributed by atoms with E-state index in [4.69, 9.17) is 11.6 Å². The first-order valence-corrected chi connectivity index (χ1v) is 13.9. The molecule has 2 rings (SSSR count). The van der Waals surface area contributed by atoms with Crippen LogP contribution in [0.5, 0.6) is 0 Å². The zero-order valence-corrected chi connectivity index (χ0v) is 22.9. The number of rotatable bonds is 11. The number of amides is 2. The van der Waals surface area contributed by atoms with Crippen LogP contribution in [-0.2, 0) is 26.2 Å². The Kier molecular flexibility index (Phi) is 10.2. The van der Waals surface area contributed by atoms with Crippen LogP contribution >= 0.6 is 11.6 Å². The second-order valence-corrected chi connectivity index (χ2v) is 11.6. The molecule has 0 aliphatic rings. The van der Waals surface area contributed by atoms with E-state index in [0.717, 1.165) is 27.3 Å². The van der Waals surface area contributed by atoms with Crippen molar-refractivity contribution in [3.8, 4) is 0 Å². The van der Waals surface area contributed by atoms with Gasteiger partial charge in [0, 0.05) is 18.1 Å². The normalized spacial score (nSPS) is 12.3. The summed E-state index contributed by atoms with van der Waals surface area (Å²) in [5.41, 5.74) is 2.85. The van der Waals surface area contributed by atoms with Gasteiger partial charge in [-0.15, -0.1) is 0 Å². The monoisotopic (exact) mass is 521 g/mol. The Labute approximate surface area is 214 Å². The minimum atomic E-state index is -3.77. The maximum atomic E-state index is 13.7. The molecule has 7 nitrogen and oxygen atoms in total. The molecule has 9 heteroatoms. The maximum absolute atomic E-state index is 13.7. The molecule has 0 spiro atoms. The van der Waals surface area contributed by atoms with Crippen LogP contribution in [0.2, 0.25) is 5.02 Å². The highest BCUT2D eigenvalue weighted by Crippen LogP contribution is 2.25. The zero-order valence-electron chi connectivity index (χ0n) is 21.3. The molecule has 0 radical (unpaired) electrons. The smallest absolute Gasteiger partial charge is 0.244 e. The van der Waals surface area contributed by atoms with Crippen molar-refractivity contribution < 1.29 is 18.0 Å². The molecule has 1 atom stereocenters. The summed E-state index contributed by atoms with van der Waals surface area (Å²) in [6, 6.07) is 11.7. The highest BCUT2D eigenvalue weighted by Gasteiger charge is 2.32. The summed E-state index contributed by atoms with van der Waals surface area (Å²) in [5.74, 6) is -0.471. The molecule has 0 bridgehead atoms. The lowest BCUT2D eigenvalue weighted by atomic mass is 10.1. The quantitative estimate of drug-likeness (QED) is 0.477. The summed E-state index contributed by atoms with van der Waals surface area (Å²) in [4.78, 5) is 28.2. The van der Waals surface area contributed by atoms with Crippen molar-refractivity contribution >= 4 is 39.1 Å². The number of nitrogens with zero attached hydrogens (tertiary/aromatic N) is 2. The molecular weight excluding hydrogens is 486 g/mol. The number of benzene rings is 2. The Morgan fingerprint density at radius 2 is 1.69 bits per heavy atom. The van der Waals surface area contributed by atoms with E-state index in [2.05, 4.69) is 5.32 Å². The number of anilines is 1. The average Bonchev–Trinajstić information content (AvgIpc) is 2.78. The Hall–Kier alpha value is -2.58. The third-order valence-electron chi connectivity index (χ3n) is 5.65. The first-order chi connectivity index (χ1) is 16.3. The minimum absolute atomic E-state index is 0.147. The predicted octanol–water partition coefficient (Wildman–Crippen LogP) is 4.30. The minimum Gasteiger partial charge on any atom is -0.354 e. The lowest BCUT2D eigenvalue weighted by Gasteiger charge is -2.33. The van der Waals surface area contributed by atoms with Gasteiger partial charge >= 0.3 is 0 Å². The molecule has 192 valence electrons. The molecule has 0 saturated carbocycles. The SMILES string of the molecule is CCC(C(=O)NCC(C)C)N(Cc1ccc(Cl)cc1)C(=O)CN(c1cc(C)ccc1C)S(C)(=O)=O. The molecule has 0 heterocycles. The summed E-state index contributed by atoms with van der Waals surface area (Å²) in [6.07, 6.45) is 1.46. The van der Waals surface area contributed by atoms with Crippen LogP contribution in [0.15, 0.2) is 42.5 Å². The molecule has 2 aromatic rings. The Balaban J connectivity index is 2.45. The second-order valence-electron chi connectivity index (χ2n) is 9.27.